The van der Waals surface area contributed by atoms with E-state index in [1.165, 1.54) is 42.5 Å². The molecule has 0 aliphatic rings. The number of carboxylic acid groups (broad SMARTS) is 1. The zero-order valence-corrected chi connectivity index (χ0v) is 10.8. The molecule has 0 aliphatic heterocycles. The lowest BCUT2D eigenvalue weighted by Crippen LogP contribution is -2.02. The largest absolute Gasteiger partial charge is 0.478 e. The molecule has 2 rings (SSSR count). The second-order valence-electron chi connectivity index (χ2n) is 3.77. The van der Waals surface area contributed by atoms with Gasteiger partial charge in [-0.3, -0.25) is 10.1 Å². The van der Waals surface area contributed by atoms with Gasteiger partial charge < -0.3 is 5.11 Å². The smallest absolute Gasteiger partial charge is 0.337 e. The maximum atomic E-state index is 12.8. The lowest BCUT2D eigenvalue weighted by Gasteiger charge is -2.06. The molecular formula is C13H8FNO4S. The first kappa shape index (κ1) is 14.0. The lowest BCUT2D eigenvalue weighted by molar-refractivity contribution is -0.387. The Balaban J connectivity index is 2.50. The summed E-state index contributed by atoms with van der Waals surface area (Å²) < 4.78 is 12.8. The van der Waals surface area contributed by atoms with E-state index >= 15 is 0 Å². The van der Waals surface area contributed by atoms with Crippen molar-refractivity contribution in [3.63, 3.8) is 0 Å². The van der Waals surface area contributed by atoms with Gasteiger partial charge in [0.2, 0.25) is 0 Å². The van der Waals surface area contributed by atoms with Crippen molar-refractivity contribution in [3.8, 4) is 0 Å². The number of aromatic carboxylic acids is 1. The normalized spacial score (nSPS) is 10.2. The zero-order chi connectivity index (χ0) is 14.7. The molecule has 0 heterocycles. The number of nitro groups is 1. The van der Waals surface area contributed by atoms with E-state index in [1.54, 1.807) is 0 Å². The third kappa shape index (κ3) is 2.94. The number of rotatable bonds is 4. The monoisotopic (exact) mass is 293 g/mol. The zero-order valence-electron chi connectivity index (χ0n) is 9.95. The molecule has 0 amide bonds. The van der Waals surface area contributed by atoms with E-state index in [9.17, 15) is 19.3 Å². The molecule has 1 N–H and O–H groups in total. The van der Waals surface area contributed by atoms with Crippen LogP contribution in [0.1, 0.15) is 10.4 Å². The van der Waals surface area contributed by atoms with Crippen molar-refractivity contribution >= 4 is 23.4 Å². The van der Waals surface area contributed by atoms with Crippen LogP contribution in [0.15, 0.2) is 52.3 Å². The Labute approximate surface area is 117 Å². The summed E-state index contributed by atoms with van der Waals surface area (Å²) in [4.78, 5) is 22.0. The van der Waals surface area contributed by atoms with Gasteiger partial charge >= 0.3 is 5.97 Å². The average molecular weight is 293 g/mol. The maximum absolute atomic E-state index is 12.8. The summed E-state index contributed by atoms with van der Waals surface area (Å²) in [5.41, 5.74) is -0.451. The number of nitrogens with zero attached hydrogens (tertiary/aromatic N) is 1. The van der Waals surface area contributed by atoms with Crippen molar-refractivity contribution in [2.75, 3.05) is 0 Å². The summed E-state index contributed by atoms with van der Waals surface area (Å²) in [5, 5.41) is 20.1. The van der Waals surface area contributed by atoms with Crippen LogP contribution in [0, 0.1) is 15.9 Å². The molecule has 0 fully saturated rings. The molecule has 0 unspecified atom stereocenters. The van der Waals surface area contributed by atoms with E-state index in [2.05, 4.69) is 0 Å². The molecule has 7 heteroatoms. The van der Waals surface area contributed by atoms with Crippen LogP contribution in [-0.4, -0.2) is 16.0 Å². The maximum Gasteiger partial charge on any atom is 0.337 e. The lowest BCUT2D eigenvalue weighted by atomic mass is 10.2. The molecule has 0 atom stereocenters. The highest BCUT2D eigenvalue weighted by molar-refractivity contribution is 7.99. The molecule has 0 spiro atoms. The van der Waals surface area contributed by atoms with Gasteiger partial charge in [0.05, 0.1) is 10.5 Å². The fraction of sp³-hybridized carbons (Fsp3) is 0. The summed E-state index contributed by atoms with van der Waals surface area (Å²) >= 11 is 0.917. The van der Waals surface area contributed by atoms with Crippen molar-refractivity contribution in [3.05, 3.63) is 64.0 Å². The Morgan fingerprint density at radius 2 is 1.85 bits per heavy atom. The fourth-order valence-corrected chi connectivity index (χ4v) is 2.59. The molecule has 0 bridgehead atoms. The fourth-order valence-electron chi connectivity index (χ4n) is 1.56. The predicted molar refractivity (Wildman–Crippen MR) is 70.6 cm³/mol. The van der Waals surface area contributed by atoms with Crippen LogP contribution in [-0.2, 0) is 0 Å². The average Bonchev–Trinajstić information content (AvgIpc) is 2.41. The predicted octanol–water partition coefficient (Wildman–Crippen LogP) is 3.58. The van der Waals surface area contributed by atoms with Gasteiger partial charge in [0, 0.05) is 11.0 Å². The first-order valence-electron chi connectivity index (χ1n) is 5.43. The molecule has 0 aromatic heterocycles. The SMILES string of the molecule is O=C(O)c1cccc([N+](=O)[O-])c1Sc1ccc(F)cc1. The Morgan fingerprint density at radius 3 is 2.40 bits per heavy atom. The summed E-state index contributed by atoms with van der Waals surface area (Å²) in [5.74, 6) is -1.69. The van der Waals surface area contributed by atoms with Crippen LogP contribution in [0.3, 0.4) is 0 Å². The topological polar surface area (TPSA) is 80.4 Å². The van der Waals surface area contributed by atoms with Gasteiger partial charge in [0.1, 0.15) is 10.7 Å². The Morgan fingerprint density at radius 1 is 1.20 bits per heavy atom. The molecule has 0 saturated heterocycles. The van der Waals surface area contributed by atoms with Crippen LogP contribution >= 0.6 is 11.8 Å². The molecule has 20 heavy (non-hydrogen) atoms. The van der Waals surface area contributed by atoms with E-state index in [0.717, 1.165) is 11.8 Å². The minimum Gasteiger partial charge on any atom is -0.478 e. The standard InChI is InChI=1S/C13H8FNO4S/c14-8-4-6-9(7-5-8)20-12-10(13(16)17)2-1-3-11(12)15(18)19/h1-7H,(H,16,17). The minimum atomic E-state index is -1.25. The van der Waals surface area contributed by atoms with Gasteiger partial charge in [-0.15, -0.1) is 0 Å². The van der Waals surface area contributed by atoms with Gasteiger partial charge in [0.15, 0.2) is 0 Å². The molecular weight excluding hydrogens is 285 g/mol. The van der Waals surface area contributed by atoms with Crippen LogP contribution < -0.4 is 0 Å². The van der Waals surface area contributed by atoms with Gasteiger partial charge in [-0.1, -0.05) is 17.8 Å². The van der Waals surface area contributed by atoms with Gasteiger partial charge in [-0.25, -0.2) is 9.18 Å². The molecule has 2 aromatic rings. The number of benzene rings is 2. The second kappa shape index (κ2) is 5.70. The third-order valence-corrected chi connectivity index (χ3v) is 3.60. The van der Waals surface area contributed by atoms with Crippen LogP contribution in [0.2, 0.25) is 0 Å². The molecule has 0 aliphatic carbocycles. The van der Waals surface area contributed by atoms with Crippen molar-refractivity contribution < 1.29 is 19.2 Å². The molecule has 102 valence electrons. The molecule has 5 nitrogen and oxygen atoms in total. The Bertz CT molecular complexity index is 640. The summed E-state index contributed by atoms with van der Waals surface area (Å²) in [7, 11) is 0. The van der Waals surface area contributed by atoms with Crippen LogP contribution in [0.5, 0.6) is 0 Å². The highest BCUT2D eigenvalue weighted by Gasteiger charge is 2.22. The number of nitro benzene ring substituents is 1. The van der Waals surface area contributed by atoms with Gasteiger partial charge in [-0.2, -0.15) is 0 Å². The number of halogens is 1. The quantitative estimate of drug-likeness (QED) is 0.688. The van der Waals surface area contributed by atoms with E-state index in [0.29, 0.717) is 4.90 Å². The number of carbonyl (C=O) groups is 1. The Kier molecular flexibility index (Phi) is 3.99. The summed E-state index contributed by atoms with van der Waals surface area (Å²) in [6, 6.07) is 9.12. The van der Waals surface area contributed by atoms with Crippen molar-refractivity contribution in [2.24, 2.45) is 0 Å². The first-order chi connectivity index (χ1) is 9.49. The third-order valence-electron chi connectivity index (χ3n) is 2.45. The number of hydrogen-bond acceptors (Lipinski definition) is 4. The van der Waals surface area contributed by atoms with Crippen molar-refractivity contribution in [2.45, 2.75) is 9.79 Å². The number of carboxylic acids is 1. The molecule has 0 saturated carbocycles. The van der Waals surface area contributed by atoms with Gasteiger partial charge in [0.25, 0.3) is 5.69 Å². The Hall–Kier alpha value is -2.41. The highest BCUT2D eigenvalue weighted by Crippen LogP contribution is 2.37. The number of hydrogen-bond donors (Lipinski definition) is 1. The molecule has 0 radical (unpaired) electrons. The van der Waals surface area contributed by atoms with Crippen molar-refractivity contribution in [1.29, 1.82) is 0 Å². The van der Waals surface area contributed by atoms with E-state index in [4.69, 9.17) is 5.11 Å². The highest BCUT2D eigenvalue weighted by atomic mass is 32.2. The molecule has 2 aromatic carbocycles. The van der Waals surface area contributed by atoms with E-state index in [1.807, 2.05) is 0 Å². The van der Waals surface area contributed by atoms with Crippen molar-refractivity contribution in [1.82, 2.24) is 0 Å². The van der Waals surface area contributed by atoms with Gasteiger partial charge in [-0.05, 0) is 30.3 Å². The summed E-state index contributed by atoms with van der Waals surface area (Å²) in [6.07, 6.45) is 0. The van der Waals surface area contributed by atoms with Crippen LogP contribution in [0.25, 0.3) is 0 Å². The van der Waals surface area contributed by atoms with Crippen LogP contribution in [0.4, 0.5) is 10.1 Å². The minimum absolute atomic E-state index is 0.0246. The second-order valence-corrected chi connectivity index (χ2v) is 4.86. The van der Waals surface area contributed by atoms with E-state index in [-0.39, 0.29) is 16.1 Å². The van der Waals surface area contributed by atoms with E-state index < -0.39 is 16.7 Å². The first-order valence-corrected chi connectivity index (χ1v) is 6.25. The summed E-state index contributed by atoms with van der Waals surface area (Å²) in [6.45, 7) is 0.